The van der Waals surface area contributed by atoms with Crippen LogP contribution in [-0.4, -0.2) is 66.0 Å². The molecule has 2 fully saturated rings. The van der Waals surface area contributed by atoms with Gasteiger partial charge in [0.15, 0.2) is 0 Å². The molecule has 0 aliphatic carbocycles. The van der Waals surface area contributed by atoms with E-state index in [-0.39, 0.29) is 32.1 Å². The van der Waals surface area contributed by atoms with Crippen LogP contribution in [0, 0.1) is 5.41 Å². The molecule has 8 heteroatoms. The Hall–Kier alpha value is -1.93. The van der Waals surface area contributed by atoms with Crippen molar-refractivity contribution < 1.29 is 23.1 Å². The van der Waals surface area contributed by atoms with Crippen LogP contribution in [0.3, 0.4) is 0 Å². The average Bonchev–Trinajstić information content (AvgIpc) is 2.91. The molecule has 24 heavy (non-hydrogen) atoms. The summed E-state index contributed by atoms with van der Waals surface area (Å²) in [5.41, 5.74) is -0.496. The average molecular weight is 352 g/mol. The second-order valence-electron chi connectivity index (χ2n) is 6.69. The fourth-order valence-corrected chi connectivity index (χ4v) is 5.05. The van der Waals surface area contributed by atoms with Crippen molar-refractivity contribution in [2.24, 2.45) is 5.41 Å². The molecule has 3 rings (SSSR count). The summed E-state index contributed by atoms with van der Waals surface area (Å²) >= 11 is 0. The zero-order valence-corrected chi connectivity index (χ0v) is 14.2. The standard InChI is InChI=1S/C16H20N2O5S/c1-16(15(20)21)7-8-18(11-16)24(22,23)13-9-17(10-13)14(19)12-5-3-2-4-6-12/h2-6,13H,7-11H2,1H3,(H,20,21). The summed E-state index contributed by atoms with van der Waals surface area (Å²) < 4.78 is 26.5. The van der Waals surface area contributed by atoms with Gasteiger partial charge < -0.3 is 10.0 Å². The number of hydrogen-bond acceptors (Lipinski definition) is 4. The van der Waals surface area contributed by atoms with Gasteiger partial charge in [-0.1, -0.05) is 18.2 Å². The number of nitrogens with zero attached hydrogens (tertiary/aromatic N) is 2. The summed E-state index contributed by atoms with van der Waals surface area (Å²) in [4.78, 5) is 25.0. The molecule has 1 aromatic rings. The summed E-state index contributed by atoms with van der Waals surface area (Å²) in [5.74, 6) is -1.16. The van der Waals surface area contributed by atoms with Crippen LogP contribution < -0.4 is 0 Å². The largest absolute Gasteiger partial charge is 0.481 e. The van der Waals surface area contributed by atoms with E-state index in [2.05, 4.69) is 0 Å². The molecule has 0 radical (unpaired) electrons. The van der Waals surface area contributed by atoms with Gasteiger partial charge >= 0.3 is 5.97 Å². The normalized spacial score (nSPS) is 25.5. The number of amides is 1. The van der Waals surface area contributed by atoms with E-state index >= 15 is 0 Å². The van der Waals surface area contributed by atoms with Gasteiger partial charge in [0.2, 0.25) is 10.0 Å². The Morgan fingerprint density at radius 2 is 1.83 bits per heavy atom. The van der Waals surface area contributed by atoms with Crippen LogP contribution in [-0.2, 0) is 14.8 Å². The van der Waals surface area contributed by atoms with Crippen molar-refractivity contribution in [2.75, 3.05) is 26.2 Å². The molecule has 1 aromatic carbocycles. The van der Waals surface area contributed by atoms with Gasteiger partial charge in [0.25, 0.3) is 5.91 Å². The number of carboxylic acid groups (broad SMARTS) is 1. The summed E-state index contributed by atoms with van der Waals surface area (Å²) in [7, 11) is -3.58. The zero-order valence-electron chi connectivity index (χ0n) is 13.4. The molecule has 0 aromatic heterocycles. The summed E-state index contributed by atoms with van der Waals surface area (Å²) in [5, 5.41) is 8.58. The lowest BCUT2D eigenvalue weighted by Crippen LogP contribution is -2.59. The quantitative estimate of drug-likeness (QED) is 0.858. The third-order valence-corrected chi connectivity index (χ3v) is 7.06. The third-order valence-electron chi connectivity index (χ3n) is 4.89. The maximum Gasteiger partial charge on any atom is 0.310 e. The van der Waals surface area contributed by atoms with Crippen LogP contribution in [0.2, 0.25) is 0 Å². The molecule has 7 nitrogen and oxygen atoms in total. The minimum Gasteiger partial charge on any atom is -0.481 e. The molecular formula is C16H20N2O5S. The number of benzene rings is 1. The van der Waals surface area contributed by atoms with Gasteiger partial charge in [-0.2, -0.15) is 0 Å². The van der Waals surface area contributed by atoms with Crippen LogP contribution in [0.15, 0.2) is 30.3 Å². The summed E-state index contributed by atoms with van der Waals surface area (Å²) in [6.45, 7) is 2.08. The van der Waals surface area contributed by atoms with Crippen molar-refractivity contribution in [1.29, 1.82) is 0 Å². The monoisotopic (exact) mass is 352 g/mol. The van der Waals surface area contributed by atoms with E-state index in [1.165, 1.54) is 9.21 Å². The highest BCUT2D eigenvalue weighted by Crippen LogP contribution is 2.34. The first-order valence-corrected chi connectivity index (χ1v) is 9.31. The number of carbonyl (C=O) groups excluding carboxylic acids is 1. The number of aliphatic carboxylic acids is 1. The van der Waals surface area contributed by atoms with E-state index in [0.29, 0.717) is 12.0 Å². The Morgan fingerprint density at radius 3 is 2.38 bits per heavy atom. The van der Waals surface area contributed by atoms with E-state index in [4.69, 9.17) is 0 Å². The predicted octanol–water partition coefficient (Wildman–Crippen LogP) is 0.637. The Morgan fingerprint density at radius 1 is 1.21 bits per heavy atom. The molecule has 1 amide bonds. The Kier molecular flexibility index (Phi) is 4.13. The molecule has 0 saturated carbocycles. The highest BCUT2D eigenvalue weighted by Gasteiger charge is 2.49. The molecular weight excluding hydrogens is 332 g/mol. The van der Waals surface area contributed by atoms with Crippen LogP contribution in [0.25, 0.3) is 0 Å². The fraction of sp³-hybridized carbons (Fsp3) is 0.500. The van der Waals surface area contributed by atoms with Crippen LogP contribution >= 0.6 is 0 Å². The lowest BCUT2D eigenvalue weighted by Gasteiger charge is -2.40. The molecule has 2 heterocycles. The number of carbonyl (C=O) groups is 2. The second kappa shape index (κ2) is 5.86. The highest BCUT2D eigenvalue weighted by molar-refractivity contribution is 7.89. The number of likely N-dealkylation sites (tertiary alicyclic amines) is 1. The molecule has 1 unspecified atom stereocenters. The van der Waals surface area contributed by atoms with Gasteiger partial charge in [0.1, 0.15) is 5.25 Å². The van der Waals surface area contributed by atoms with E-state index in [1.54, 1.807) is 31.2 Å². The van der Waals surface area contributed by atoms with Crippen LogP contribution in [0.4, 0.5) is 0 Å². The Bertz CT molecular complexity index is 758. The van der Waals surface area contributed by atoms with Gasteiger partial charge in [0.05, 0.1) is 5.41 Å². The summed E-state index contributed by atoms with van der Waals surface area (Å²) in [6.07, 6.45) is 0.306. The van der Waals surface area contributed by atoms with Gasteiger partial charge in [-0.05, 0) is 25.5 Å². The minimum absolute atomic E-state index is 0.00615. The highest BCUT2D eigenvalue weighted by atomic mass is 32.2. The maximum absolute atomic E-state index is 12.6. The summed E-state index contributed by atoms with van der Waals surface area (Å²) in [6, 6.07) is 8.73. The van der Waals surface area contributed by atoms with Gasteiger partial charge in [-0.25, -0.2) is 12.7 Å². The van der Waals surface area contributed by atoms with Crippen molar-refractivity contribution in [3.63, 3.8) is 0 Å². The molecule has 1 atom stereocenters. The van der Waals surface area contributed by atoms with Crippen molar-refractivity contribution in [1.82, 2.24) is 9.21 Å². The third kappa shape index (κ3) is 2.80. The molecule has 2 aliphatic rings. The molecule has 2 saturated heterocycles. The van der Waals surface area contributed by atoms with E-state index in [9.17, 15) is 23.1 Å². The molecule has 130 valence electrons. The van der Waals surface area contributed by atoms with Crippen LogP contribution in [0.1, 0.15) is 23.7 Å². The first-order valence-electron chi connectivity index (χ1n) is 7.81. The van der Waals surface area contributed by atoms with Crippen molar-refractivity contribution in [3.8, 4) is 0 Å². The lowest BCUT2D eigenvalue weighted by atomic mass is 9.90. The van der Waals surface area contributed by atoms with Crippen LogP contribution in [0.5, 0.6) is 0 Å². The first-order chi connectivity index (χ1) is 11.2. The van der Waals surface area contributed by atoms with Crippen molar-refractivity contribution in [3.05, 3.63) is 35.9 Å². The molecule has 0 spiro atoms. The Balaban J connectivity index is 1.63. The fourth-order valence-electron chi connectivity index (χ4n) is 3.08. The smallest absolute Gasteiger partial charge is 0.310 e. The minimum atomic E-state index is -3.58. The topological polar surface area (TPSA) is 95.0 Å². The molecule has 2 aliphatic heterocycles. The molecule has 0 bridgehead atoms. The van der Waals surface area contributed by atoms with E-state index < -0.39 is 26.7 Å². The number of sulfonamides is 1. The number of carboxylic acids is 1. The molecule has 1 N–H and O–H groups in total. The van der Waals surface area contributed by atoms with E-state index in [1.807, 2.05) is 6.07 Å². The Labute approximate surface area is 140 Å². The number of hydrogen-bond donors (Lipinski definition) is 1. The lowest BCUT2D eigenvalue weighted by molar-refractivity contribution is -0.146. The van der Waals surface area contributed by atoms with Gasteiger partial charge in [0, 0.05) is 31.7 Å². The van der Waals surface area contributed by atoms with Gasteiger partial charge in [-0.15, -0.1) is 0 Å². The number of rotatable bonds is 4. The van der Waals surface area contributed by atoms with Gasteiger partial charge in [-0.3, -0.25) is 9.59 Å². The second-order valence-corrected chi connectivity index (χ2v) is 8.91. The predicted molar refractivity (Wildman–Crippen MR) is 87.0 cm³/mol. The van der Waals surface area contributed by atoms with Crippen molar-refractivity contribution >= 4 is 21.9 Å². The zero-order chi connectivity index (χ0) is 17.5. The SMILES string of the molecule is CC1(C(=O)O)CCN(S(=O)(=O)C2CN(C(=O)c3ccccc3)C2)C1. The first kappa shape index (κ1) is 16.9. The maximum atomic E-state index is 12.6. The van der Waals surface area contributed by atoms with Crippen molar-refractivity contribution in [2.45, 2.75) is 18.6 Å². The van der Waals surface area contributed by atoms with E-state index in [0.717, 1.165) is 0 Å².